The van der Waals surface area contributed by atoms with Gasteiger partial charge in [0, 0.05) is 16.1 Å². The minimum absolute atomic E-state index is 0.149. The van der Waals surface area contributed by atoms with Crippen molar-refractivity contribution in [2.75, 3.05) is 10.7 Å². The average molecular weight is 420 g/mol. The summed E-state index contributed by atoms with van der Waals surface area (Å²) in [5.41, 5.74) is 0.441. The van der Waals surface area contributed by atoms with Crippen LogP contribution in [0.15, 0.2) is 60.0 Å². The molecule has 1 amide bonds. The van der Waals surface area contributed by atoms with Gasteiger partial charge in [-0.2, -0.15) is 0 Å². The topological polar surface area (TPSA) is 63.7 Å². The summed E-state index contributed by atoms with van der Waals surface area (Å²) in [6.45, 7) is 5.28. The van der Waals surface area contributed by atoms with E-state index in [0.29, 0.717) is 16.5 Å². The van der Waals surface area contributed by atoms with Gasteiger partial charge in [0.1, 0.15) is 5.75 Å². The van der Waals surface area contributed by atoms with Gasteiger partial charge in [-0.25, -0.2) is 8.42 Å². The molecule has 0 spiro atoms. The van der Waals surface area contributed by atoms with E-state index in [1.807, 2.05) is 31.2 Å². The Hall–Kier alpha value is -2.31. The van der Waals surface area contributed by atoms with Crippen molar-refractivity contribution in [2.45, 2.75) is 32.4 Å². The highest BCUT2D eigenvalue weighted by Crippen LogP contribution is 2.29. The van der Waals surface area contributed by atoms with Gasteiger partial charge in [0.2, 0.25) is 0 Å². The molecular formula is C21H22ClNO4S. The maximum absolute atomic E-state index is 13.5. The SMILES string of the molecule is Cc1ccc(N(C(=O)C(C)(C)Oc2ccc(Cl)cc2)[C@H]2C=CS(=O)(=O)C2)cc1. The molecule has 0 aliphatic carbocycles. The van der Waals surface area contributed by atoms with E-state index in [9.17, 15) is 13.2 Å². The first-order chi connectivity index (χ1) is 13.1. The van der Waals surface area contributed by atoms with Gasteiger partial charge in [-0.05, 0) is 63.2 Å². The molecule has 148 valence electrons. The Bertz CT molecular complexity index is 996. The number of sulfone groups is 1. The zero-order chi connectivity index (χ0) is 20.5. The molecule has 0 N–H and O–H groups in total. The Morgan fingerprint density at radius 3 is 2.25 bits per heavy atom. The number of hydrogen-bond donors (Lipinski definition) is 0. The number of hydrogen-bond acceptors (Lipinski definition) is 4. The third-order valence-corrected chi connectivity index (χ3v) is 6.11. The molecule has 1 aliphatic heterocycles. The summed E-state index contributed by atoms with van der Waals surface area (Å²) in [5.74, 6) is 0.0168. The number of aryl methyl sites for hydroxylation is 1. The van der Waals surface area contributed by atoms with Crippen LogP contribution in [0.5, 0.6) is 5.75 Å². The number of amides is 1. The summed E-state index contributed by atoms with van der Waals surface area (Å²) in [7, 11) is -3.33. The van der Waals surface area contributed by atoms with E-state index in [1.54, 1.807) is 44.2 Å². The maximum atomic E-state index is 13.5. The van der Waals surface area contributed by atoms with Crippen LogP contribution < -0.4 is 9.64 Å². The molecule has 28 heavy (non-hydrogen) atoms. The quantitative estimate of drug-likeness (QED) is 0.730. The van der Waals surface area contributed by atoms with E-state index >= 15 is 0 Å². The highest BCUT2D eigenvalue weighted by molar-refractivity contribution is 7.94. The molecule has 0 fully saturated rings. The first kappa shape index (κ1) is 20.4. The van der Waals surface area contributed by atoms with Gasteiger partial charge in [0.15, 0.2) is 15.4 Å². The Balaban J connectivity index is 1.94. The predicted octanol–water partition coefficient (Wildman–Crippen LogP) is 4.15. The number of nitrogens with zero attached hydrogens (tertiary/aromatic N) is 1. The van der Waals surface area contributed by atoms with Crippen molar-refractivity contribution in [3.8, 4) is 5.75 Å². The van der Waals surface area contributed by atoms with Crippen LogP contribution >= 0.6 is 11.6 Å². The summed E-state index contributed by atoms with van der Waals surface area (Å²) in [5, 5.41) is 1.73. The largest absolute Gasteiger partial charge is 0.478 e. The second kappa shape index (κ2) is 7.60. The molecular weight excluding hydrogens is 398 g/mol. The molecule has 0 bridgehead atoms. The standard InChI is InChI=1S/C21H22ClNO4S/c1-15-4-8-17(9-5-15)23(18-12-13-28(25,26)14-18)20(24)21(2,3)27-19-10-6-16(22)7-11-19/h4-13,18H,14H2,1-3H3/t18-/m0/s1. The van der Waals surface area contributed by atoms with Crippen molar-refractivity contribution < 1.29 is 17.9 Å². The highest BCUT2D eigenvalue weighted by Gasteiger charge is 2.40. The minimum Gasteiger partial charge on any atom is -0.478 e. The number of halogens is 1. The Morgan fingerprint density at radius 2 is 1.71 bits per heavy atom. The van der Waals surface area contributed by atoms with Crippen molar-refractivity contribution in [2.24, 2.45) is 0 Å². The summed E-state index contributed by atoms with van der Waals surface area (Å²) in [6, 6.07) is 13.5. The van der Waals surface area contributed by atoms with Gasteiger partial charge >= 0.3 is 0 Å². The lowest BCUT2D eigenvalue weighted by molar-refractivity contribution is -0.131. The Kier molecular flexibility index (Phi) is 5.55. The van der Waals surface area contributed by atoms with Crippen molar-refractivity contribution in [1.82, 2.24) is 0 Å². The zero-order valence-corrected chi connectivity index (χ0v) is 17.5. The fourth-order valence-corrected chi connectivity index (χ4v) is 4.41. The van der Waals surface area contributed by atoms with Crippen LogP contribution in [-0.4, -0.2) is 31.7 Å². The third-order valence-electron chi connectivity index (χ3n) is 4.48. The molecule has 0 radical (unpaired) electrons. The van der Waals surface area contributed by atoms with Crippen LogP contribution in [0.2, 0.25) is 5.02 Å². The fraction of sp³-hybridized carbons (Fsp3) is 0.286. The van der Waals surface area contributed by atoms with Crippen LogP contribution in [0.4, 0.5) is 5.69 Å². The van der Waals surface area contributed by atoms with Crippen LogP contribution in [0, 0.1) is 6.92 Å². The summed E-state index contributed by atoms with van der Waals surface area (Å²) >= 11 is 5.91. The van der Waals surface area contributed by atoms with Crippen molar-refractivity contribution in [3.63, 3.8) is 0 Å². The van der Waals surface area contributed by atoms with Crippen molar-refractivity contribution >= 4 is 33.0 Å². The van der Waals surface area contributed by atoms with Gasteiger partial charge < -0.3 is 9.64 Å². The molecule has 7 heteroatoms. The first-order valence-electron chi connectivity index (χ1n) is 8.83. The monoisotopic (exact) mass is 419 g/mol. The Morgan fingerprint density at radius 1 is 1.11 bits per heavy atom. The smallest absolute Gasteiger partial charge is 0.271 e. The lowest BCUT2D eigenvalue weighted by Gasteiger charge is -2.35. The van der Waals surface area contributed by atoms with Crippen molar-refractivity contribution in [3.05, 3.63) is 70.6 Å². The van der Waals surface area contributed by atoms with Gasteiger partial charge in [0.05, 0.1) is 11.8 Å². The molecule has 1 atom stereocenters. The van der Waals surface area contributed by atoms with Crippen molar-refractivity contribution in [1.29, 1.82) is 0 Å². The van der Waals surface area contributed by atoms with Gasteiger partial charge in [-0.3, -0.25) is 4.79 Å². The molecule has 0 saturated carbocycles. The molecule has 2 aromatic rings. The predicted molar refractivity (Wildman–Crippen MR) is 112 cm³/mol. The molecule has 0 aromatic heterocycles. The maximum Gasteiger partial charge on any atom is 0.271 e. The second-order valence-corrected chi connectivity index (χ2v) is 9.67. The van der Waals surface area contributed by atoms with Gasteiger partial charge in [-0.1, -0.05) is 29.3 Å². The summed E-state index contributed by atoms with van der Waals surface area (Å²) in [4.78, 5) is 15.0. The highest BCUT2D eigenvalue weighted by atomic mass is 35.5. The molecule has 3 rings (SSSR count). The number of ether oxygens (including phenoxy) is 1. The lowest BCUT2D eigenvalue weighted by atomic mass is 10.0. The van der Waals surface area contributed by atoms with E-state index in [0.717, 1.165) is 5.56 Å². The van der Waals surface area contributed by atoms with E-state index < -0.39 is 21.5 Å². The number of carbonyl (C=O) groups is 1. The van der Waals surface area contributed by atoms with E-state index in [2.05, 4.69) is 0 Å². The number of carbonyl (C=O) groups excluding carboxylic acids is 1. The first-order valence-corrected chi connectivity index (χ1v) is 10.9. The Labute approximate surface area is 170 Å². The third kappa shape index (κ3) is 4.56. The average Bonchev–Trinajstić information content (AvgIpc) is 2.98. The van der Waals surface area contributed by atoms with Crippen LogP contribution in [-0.2, 0) is 14.6 Å². The number of benzene rings is 2. The van der Waals surface area contributed by atoms with Crippen LogP contribution in [0.3, 0.4) is 0 Å². The van der Waals surface area contributed by atoms with Crippen LogP contribution in [0.25, 0.3) is 0 Å². The molecule has 0 unspecified atom stereocenters. The molecule has 5 nitrogen and oxygen atoms in total. The zero-order valence-electron chi connectivity index (χ0n) is 15.9. The lowest BCUT2D eigenvalue weighted by Crippen LogP contribution is -2.53. The summed E-state index contributed by atoms with van der Waals surface area (Å²) < 4.78 is 29.8. The number of anilines is 1. The minimum atomic E-state index is -3.33. The van der Waals surface area contributed by atoms with E-state index in [4.69, 9.17) is 16.3 Å². The second-order valence-electron chi connectivity index (χ2n) is 7.30. The van der Waals surface area contributed by atoms with E-state index in [1.165, 1.54) is 10.3 Å². The normalized spacial score (nSPS) is 18.1. The molecule has 1 heterocycles. The van der Waals surface area contributed by atoms with E-state index in [-0.39, 0.29) is 11.7 Å². The summed E-state index contributed by atoms with van der Waals surface area (Å²) in [6.07, 6.45) is 1.55. The molecule has 2 aromatic carbocycles. The number of rotatable bonds is 5. The van der Waals surface area contributed by atoms with Crippen LogP contribution in [0.1, 0.15) is 19.4 Å². The van der Waals surface area contributed by atoms with Gasteiger partial charge in [0.25, 0.3) is 5.91 Å². The molecule has 0 saturated heterocycles. The fourth-order valence-electron chi connectivity index (χ4n) is 3.02. The molecule has 1 aliphatic rings. The van der Waals surface area contributed by atoms with Gasteiger partial charge in [-0.15, -0.1) is 0 Å².